The van der Waals surface area contributed by atoms with E-state index in [1.165, 1.54) is 53.8 Å². The van der Waals surface area contributed by atoms with Gasteiger partial charge in [-0.15, -0.1) is 0 Å². The van der Waals surface area contributed by atoms with Crippen LogP contribution in [0.25, 0.3) is 0 Å². The molecule has 234 valence electrons. The first-order valence-corrected chi connectivity index (χ1v) is 13.4. The van der Waals surface area contributed by atoms with Crippen molar-refractivity contribution in [3.8, 4) is 0 Å². The van der Waals surface area contributed by atoms with Gasteiger partial charge in [0.05, 0.1) is 17.8 Å². The molecule has 3 heterocycles. The van der Waals surface area contributed by atoms with E-state index in [-0.39, 0.29) is 5.69 Å². The van der Waals surface area contributed by atoms with Crippen LogP contribution in [0.5, 0.6) is 0 Å². The Morgan fingerprint density at radius 2 is 1.58 bits per heavy atom. The van der Waals surface area contributed by atoms with Crippen molar-refractivity contribution in [3.63, 3.8) is 0 Å². The van der Waals surface area contributed by atoms with Crippen LogP contribution in [0, 0.1) is 17.8 Å². The molecule has 1 fully saturated rings. The van der Waals surface area contributed by atoms with Crippen molar-refractivity contribution in [2.75, 3.05) is 6.61 Å². The number of nitrogens with zero attached hydrogens (tertiary/aromatic N) is 4. The molecule has 0 bridgehead atoms. The molecule has 2 aromatic rings. The molecule has 15 nitrogen and oxygen atoms in total. The average Bonchev–Trinajstić information content (AvgIpc) is 3.22. The number of aromatic nitrogens is 4. The minimum Gasteiger partial charge on any atom is -0.459 e. The number of esters is 4. The summed E-state index contributed by atoms with van der Waals surface area (Å²) in [6.07, 6.45) is -2.29. The van der Waals surface area contributed by atoms with E-state index in [1.807, 2.05) is 0 Å². The third-order valence-electron chi connectivity index (χ3n) is 6.13. The second-order valence-corrected chi connectivity index (χ2v) is 10.6. The van der Waals surface area contributed by atoms with E-state index in [0.29, 0.717) is 9.13 Å². The summed E-state index contributed by atoms with van der Waals surface area (Å²) >= 11 is 0. The summed E-state index contributed by atoms with van der Waals surface area (Å²) in [6, 6.07) is 2.15. The molecule has 0 spiro atoms. The van der Waals surface area contributed by atoms with Crippen LogP contribution in [0.3, 0.4) is 0 Å². The van der Waals surface area contributed by atoms with Crippen molar-refractivity contribution in [3.05, 3.63) is 57.4 Å². The highest BCUT2D eigenvalue weighted by Crippen LogP contribution is 2.42. The summed E-state index contributed by atoms with van der Waals surface area (Å²) in [5, 5.41) is 0. The normalized spacial score (nSPS) is 21.6. The van der Waals surface area contributed by atoms with Crippen LogP contribution in [0.2, 0.25) is 0 Å². The van der Waals surface area contributed by atoms with Gasteiger partial charge in [-0.25, -0.2) is 28.5 Å². The molecule has 0 radical (unpaired) electrons. The van der Waals surface area contributed by atoms with Gasteiger partial charge in [0, 0.05) is 18.5 Å². The third kappa shape index (κ3) is 7.68. The number of alkyl halides is 1. The number of ether oxygens (including phenoxy) is 5. The Bertz CT molecular complexity index is 1460. The molecule has 0 amide bonds. The minimum absolute atomic E-state index is 0.146. The smallest absolute Gasteiger partial charge is 0.358 e. The van der Waals surface area contributed by atoms with Crippen LogP contribution < -0.4 is 11.2 Å². The minimum atomic E-state index is -3.10. The van der Waals surface area contributed by atoms with Crippen molar-refractivity contribution in [1.29, 1.82) is 0 Å². The van der Waals surface area contributed by atoms with Gasteiger partial charge < -0.3 is 23.7 Å². The number of rotatable bonds is 11. The molecule has 0 aromatic carbocycles. The summed E-state index contributed by atoms with van der Waals surface area (Å²) in [5.74, 6) is -8.76. The Hall–Kier alpha value is -4.47. The number of hydrogen-bond donors (Lipinski definition) is 0. The SMILES string of the molecule is CC(C)C(=O)OC[C@@]1(F)O[C@@H](n2ccc(=O)n(COC(=O)c3ccncn3)c2=O)[C@H](OC(=O)C(C)C)[C@@H]1OC(=O)C(C)C. The lowest BCUT2D eigenvalue weighted by Gasteiger charge is -2.28. The average molecular weight is 609 g/mol. The van der Waals surface area contributed by atoms with Crippen LogP contribution in [0.15, 0.2) is 40.4 Å². The maximum absolute atomic E-state index is 16.6. The molecule has 2 aromatic heterocycles. The van der Waals surface area contributed by atoms with Gasteiger partial charge in [-0.2, -0.15) is 0 Å². The zero-order valence-corrected chi connectivity index (χ0v) is 24.4. The van der Waals surface area contributed by atoms with Gasteiger partial charge in [0.1, 0.15) is 6.33 Å². The van der Waals surface area contributed by atoms with E-state index in [9.17, 15) is 28.8 Å². The Kier molecular flexibility index (Phi) is 10.5. The zero-order chi connectivity index (χ0) is 32.1. The lowest BCUT2D eigenvalue weighted by atomic mass is 10.1. The van der Waals surface area contributed by atoms with Gasteiger partial charge in [0.25, 0.3) is 11.4 Å². The second kappa shape index (κ2) is 13.7. The zero-order valence-electron chi connectivity index (χ0n) is 24.4. The molecule has 0 N–H and O–H groups in total. The largest absolute Gasteiger partial charge is 0.459 e. The maximum Gasteiger partial charge on any atom is 0.358 e. The second-order valence-electron chi connectivity index (χ2n) is 10.6. The standard InChI is InChI=1S/C27H33FN4O11/c1-14(2)22(34)39-11-27(28)20(42-24(36)16(5)6)19(41-23(35)15(3)4)21(43-27)31-10-8-18(33)32(26(31)38)13-40-25(37)17-7-9-29-12-30-17/h7-10,12,14-16,19-21H,11,13H2,1-6H3/t19-,20+,21-,27-/m1/s1. The highest BCUT2D eigenvalue weighted by Gasteiger charge is 2.62. The molecule has 3 rings (SSSR count). The van der Waals surface area contributed by atoms with Gasteiger partial charge in [-0.1, -0.05) is 41.5 Å². The summed E-state index contributed by atoms with van der Waals surface area (Å²) < 4.78 is 44.3. The Morgan fingerprint density at radius 3 is 2.16 bits per heavy atom. The van der Waals surface area contributed by atoms with Crippen LogP contribution in [-0.4, -0.2) is 67.6 Å². The summed E-state index contributed by atoms with van der Waals surface area (Å²) in [6.45, 7) is 7.01. The van der Waals surface area contributed by atoms with Gasteiger partial charge in [0.2, 0.25) is 6.10 Å². The summed E-state index contributed by atoms with van der Waals surface area (Å²) in [7, 11) is 0. The lowest BCUT2D eigenvalue weighted by Crippen LogP contribution is -2.49. The molecule has 0 unspecified atom stereocenters. The summed E-state index contributed by atoms with van der Waals surface area (Å²) in [5.41, 5.74) is -2.20. The first kappa shape index (κ1) is 33.0. The van der Waals surface area contributed by atoms with Crippen molar-refractivity contribution in [2.45, 2.75) is 72.6 Å². The van der Waals surface area contributed by atoms with Gasteiger partial charge in [-0.3, -0.25) is 23.7 Å². The van der Waals surface area contributed by atoms with E-state index < -0.39 is 90.5 Å². The lowest BCUT2D eigenvalue weighted by molar-refractivity contribution is -0.226. The third-order valence-corrected chi connectivity index (χ3v) is 6.13. The number of halogens is 1. The molecule has 43 heavy (non-hydrogen) atoms. The van der Waals surface area contributed by atoms with Crippen molar-refractivity contribution in [2.24, 2.45) is 17.8 Å². The van der Waals surface area contributed by atoms with Crippen LogP contribution in [0.4, 0.5) is 4.39 Å². The fraction of sp³-hybridized carbons (Fsp3) is 0.556. The van der Waals surface area contributed by atoms with E-state index in [4.69, 9.17) is 23.7 Å². The maximum atomic E-state index is 16.6. The van der Waals surface area contributed by atoms with E-state index in [2.05, 4.69) is 9.97 Å². The molecule has 0 saturated carbocycles. The molecular weight excluding hydrogens is 575 g/mol. The number of carbonyl (C=O) groups is 4. The quantitative estimate of drug-likeness (QED) is 0.262. The van der Waals surface area contributed by atoms with Crippen molar-refractivity contribution in [1.82, 2.24) is 19.1 Å². The molecule has 16 heteroatoms. The highest BCUT2D eigenvalue weighted by molar-refractivity contribution is 5.86. The predicted molar refractivity (Wildman–Crippen MR) is 142 cm³/mol. The molecular formula is C27H33FN4O11. The molecule has 1 aliphatic rings. The van der Waals surface area contributed by atoms with Crippen molar-refractivity contribution >= 4 is 23.9 Å². The van der Waals surface area contributed by atoms with E-state index in [0.717, 1.165) is 18.6 Å². The van der Waals surface area contributed by atoms with Crippen LogP contribution in [-0.2, 0) is 44.8 Å². The molecule has 4 atom stereocenters. The molecule has 1 saturated heterocycles. The van der Waals surface area contributed by atoms with Crippen LogP contribution >= 0.6 is 0 Å². The number of hydrogen-bond acceptors (Lipinski definition) is 13. The van der Waals surface area contributed by atoms with Gasteiger partial charge in [-0.05, 0) is 6.07 Å². The van der Waals surface area contributed by atoms with E-state index in [1.54, 1.807) is 0 Å². The Labute approximate surface area is 244 Å². The first-order chi connectivity index (χ1) is 20.2. The first-order valence-electron chi connectivity index (χ1n) is 13.4. The fourth-order valence-corrected chi connectivity index (χ4v) is 3.66. The fourth-order valence-electron chi connectivity index (χ4n) is 3.66. The molecule has 1 aliphatic heterocycles. The monoisotopic (exact) mass is 608 g/mol. The summed E-state index contributed by atoms with van der Waals surface area (Å²) in [4.78, 5) is 83.2. The topological polar surface area (TPSA) is 184 Å². The van der Waals surface area contributed by atoms with E-state index >= 15 is 4.39 Å². The van der Waals surface area contributed by atoms with Gasteiger partial charge in [0.15, 0.2) is 31.4 Å². The Morgan fingerprint density at radius 1 is 0.953 bits per heavy atom. The predicted octanol–water partition coefficient (Wildman–Crippen LogP) is 1.14. The number of carbonyl (C=O) groups excluding carboxylic acids is 4. The highest BCUT2D eigenvalue weighted by atomic mass is 19.2. The van der Waals surface area contributed by atoms with Gasteiger partial charge >= 0.3 is 29.6 Å². The molecule has 0 aliphatic carbocycles. The Balaban J connectivity index is 2.06. The van der Waals surface area contributed by atoms with Crippen LogP contribution in [0.1, 0.15) is 58.3 Å². The van der Waals surface area contributed by atoms with Crippen molar-refractivity contribution < 1.29 is 47.3 Å².